The lowest BCUT2D eigenvalue weighted by Crippen LogP contribution is -2.17. The normalized spacial score (nSPS) is 12.2. The smallest absolute Gasteiger partial charge is 0.127 e. The van der Waals surface area contributed by atoms with Crippen LogP contribution in [0.5, 0.6) is 11.5 Å². The number of methoxy groups -OCH3 is 2. The van der Waals surface area contributed by atoms with Crippen molar-refractivity contribution >= 4 is 0 Å². The summed E-state index contributed by atoms with van der Waals surface area (Å²) in [5, 5.41) is 7.71. The minimum Gasteiger partial charge on any atom is -0.496 e. The SMILES string of the molecule is COc1cccc(OC)c1C(N)c1cnnn1C. The summed E-state index contributed by atoms with van der Waals surface area (Å²) in [6, 6.07) is 5.15. The molecule has 1 aromatic heterocycles. The van der Waals surface area contributed by atoms with Gasteiger partial charge in [0.05, 0.1) is 37.7 Å². The van der Waals surface area contributed by atoms with Crippen LogP contribution in [0.15, 0.2) is 24.4 Å². The summed E-state index contributed by atoms with van der Waals surface area (Å²) in [5.41, 5.74) is 7.83. The second-order valence-electron chi connectivity index (χ2n) is 3.84. The van der Waals surface area contributed by atoms with Gasteiger partial charge < -0.3 is 15.2 Å². The quantitative estimate of drug-likeness (QED) is 0.869. The fourth-order valence-electron chi connectivity index (χ4n) is 1.91. The number of hydrogen-bond donors (Lipinski definition) is 1. The molecule has 1 heterocycles. The molecule has 6 heteroatoms. The molecule has 18 heavy (non-hydrogen) atoms. The number of nitrogens with two attached hydrogens (primary N) is 1. The molecule has 1 unspecified atom stereocenters. The molecule has 0 saturated carbocycles. The lowest BCUT2D eigenvalue weighted by Gasteiger charge is -2.18. The molecule has 0 spiro atoms. The average Bonchev–Trinajstić information content (AvgIpc) is 2.83. The molecule has 1 aromatic carbocycles. The van der Waals surface area contributed by atoms with Crippen LogP contribution in [0.2, 0.25) is 0 Å². The number of aromatic nitrogens is 3. The Morgan fingerprint density at radius 3 is 2.28 bits per heavy atom. The molecule has 2 N–H and O–H groups in total. The molecule has 0 aliphatic carbocycles. The van der Waals surface area contributed by atoms with Gasteiger partial charge in [0.1, 0.15) is 11.5 Å². The van der Waals surface area contributed by atoms with Gasteiger partial charge in [-0.25, -0.2) is 0 Å². The van der Waals surface area contributed by atoms with Crippen molar-refractivity contribution < 1.29 is 9.47 Å². The lowest BCUT2D eigenvalue weighted by atomic mass is 10.0. The van der Waals surface area contributed by atoms with Gasteiger partial charge in [0.2, 0.25) is 0 Å². The summed E-state index contributed by atoms with van der Waals surface area (Å²) < 4.78 is 12.3. The van der Waals surface area contributed by atoms with Crippen LogP contribution in [0, 0.1) is 0 Å². The van der Waals surface area contributed by atoms with Crippen molar-refractivity contribution in [1.82, 2.24) is 15.0 Å². The Morgan fingerprint density at radius 1 is 1.22 bits per heavy atom. The molecule has 0 radical (unpaired) electrons. The largest absolute Gasteiger partial charge is 0.496 e. The first-order chi connectivity index (χ1) is 8.69. The van der Waals surface area contributed by atoms with Crippen LogP contribution < -0.4 is 15.2 Å². The third-order valence-corrected chi connectivity index (χ3v) is 2.85. The summed E-state index contributed by atoms with van der Waals surface area (Å²) in [6.07, 6.45) is 1.64. The number of rotatable bonds is 4. The van der Waals surface area contributed by atoms with Crippen LogP contribution in [0.25, 0.3) is 0 Å². The summed E-state index contributed by atoms with van der Waals surface area (Å²) in [7, 11) is 5.00. The third-order valence-electron chi connectivity index (χ3n) is 2.85. The fraction of sp³-hybridized carbons (Fsp3) is 0.333. The van der Waals surface area contributed by atoms with Crippen molar-refractivity contribution in [2.45, 2.75) is 6.04 Å². The van der Waals surface area contributed by atoms with Crippen LogP contribution in [0.4, 0.5) is 0 Å². The first-order valence-electron chi connectivity index (χ1n) is 5.50. The topological polar surface area (TPSA) is 75.2 Å². The third kappa shape index (κ3) is 2.02. The van der Waals surface area contributed by atoms with Crippen molar-refractivity contribution in [2.24, 2.45) is 12.8 Å². The Kier molecular flexibility index (Phi) is 3.47. The number of hydrogen-bond acceptors (Lipinski definition) is 5. The van der Waals surface area contributed by atoms with Crippen molar-refractivity contribution in [2.75, 3.05) is 14.2 Å². The van der Waals surface area contributed by atoms with Crippen LogP contribution in [0.3, 0.4) is 0 Å². The van der Waals surface area contributed by atoms with Gasteiger partial charge in [-0.15, -0.1) is 5.10 Å². The lowest BCUT2D eigenvalue weighted by molar-refractivity contribution is 0.381. The van der Waals surface area contributed by atoms with Crippen LogP contribution in [-0.4, -0.2) is 29.2 Å². The highest BCUT2D eigenvalue weighted by Gasteiger charge is 2.21. The molecule has 1 atom stereocenters. The Balaban J connectivity index is 2.52. The van der Waals surface area contributed by atoms with Gasteiger partial charge in [-0.3, -0.25) is 4.68 Å². The molecule has 0 aliphatic rings. The maximum absolute atomic E-state index is 6.25. The summed E-state index contributed by atoms with van der Waals surface area (Å²) in [5.74, 6) is 1.37. The van der Waals surface area contributed by atoms with E-state index in [1.54, 1.807) is 32.1 Å². The van der Waals surface area contributed by atoms with E-state index >= 15 is 0 Å². The minimum atomic E-state index is -0.406. The molecule has 2 aromatic rings. The number of nitrogens with zero attached hydrogens (tertiary/aromatic N) is 3. The van der Waals surface area contributed by atoms with Gasteiger partial charge in [0.25, 0.3) is 0 Å². The molecule has 0 fully saturated rings. The van der Waals surface area contributed by atoms with Gasteiger partial charge in [-0.1, -0.05) is 11.3 Å². The van der Waals surface area contributed by atoms with Crippen molar-refractivity contribution in [3.8, 4) is 11.5 Å². The van der Waals surface area contributed by atoms with Crippen molar-refractivity contribution in [3.63, 3.8) is 0 Å². The standard InChI is InChI=1S/C12H16N4O2/c1-16-8(7-14-15-16)12(13)11-9(17-2)5-4-6-10(11)18-3/h4-7,12H,13H2,1-3H3. The van der Waals surface area contributed by atoms with Crippen LogP contribution >= 0.6 is 0 Å². The molecule has 2 rings (SSSR count). The predicted molar refractivity (Wildman–Crippen MR) is 66.6 cm³/mol. The maximum Gasteiger partial charge on any atom is 0.127 e. The van der Waals surface area contributed by atoms with E-state index in [-0.39, 0.29) is 0 Å². The van der Waals surface area contributed by atoms with Gasteiger partial charge in [0, 0.05) is 7.05 Å². The highest BCUT2D eigenvalue weighted by atomic mass is 16.5. The molecule has 0 aliphatic heterocycles. The van der Waals surface area contributed by atoms with Crippen molar-refractivity contribution in [1.29, 1.82) is 0 Å². The van der Waals surface area contributed by atoms with Gasteiger partial charge in [-0.2, -0.15) is 0 Å². The Bertz CT molecular complexity index is 516. The van der Waals surface area contributed by atoms with E-state index in [9.17, 15) is 0 Å². The second-order valence-corrected chi connectivity index (χ2v) is 3.84. The van der Waals surface area contributed by atoms with Gasteiger partial charge >= 0.3 is 0 Å². The highest BCUT2D eigenvalue weighted by molar-refractivity contribution is 5.49. The van der Waals surface area contributed by atoms with Crippen LogP contribution in [-0.2, 0) is 7.05 Å². The zero-order valence-corrected chi connectivity index (χ0v) is 10.6. The van der Waals surface area contributed by atoms with Gasteiger partial charge in [-0.05, 0) is 12.1 Å². The van der Waals surface area contributed by atoms with Gasteiger partial charge in [0.15, 0.2) is 0 Å². The molecule has 96 valence electrons. The van der Waals surface area contributed by atoms with E-state index in [0.717, 1.165) is 11.3 Å². The first-order valence-corrected chi connectivity index (χ1v) is 5.50. The number of benzene rings is 1. The predicted octanol–water partition coefficient (Wildman–Crippen LogP) is 0.880. The van der Waals surface area contributed by atoms with Crippen molar-refractivity contribution in [3.05, 3.63) is 35.7 Å². The average molecular weight is 248 g/mol. The Hall–Kier alpha value is -2.08. The zero-order valence-electron chi connectivity index (χ0n) is 10.6. The highest BCUT2D eigenvalue weighted by Crippen LogP contribution is 2.35. The number of aryl methyl sites for hydroxylation is 1. The molecule has 0 bridgehead atoms. The fourth-order valence-corrected chi connectivity index (χ4v) is 1.91. The molecule has 0 amide bonds. The van der Waals surface area contributed by atoms with E-state index in [4.69, 9.17) is 15.2 Å². The molecular weight excluding hydrogens is 232 g/mol. The molecular formula is C12H16N4O2. The Morgan fingerprint density at radius 2 is 1.83 bits per heavy atom. The van der Waals surface area contributed by atoms with E-state index in [2.05, 4.69) is 10.3 Å². The second kappa shape index (κ2) is 5.05. The van der Waals surface area contributed by atoms with E-state index < -0.39 is 6.04 Å². The summed E-state index contributed by atoms with van der Waals surface area (Å²) in [4.78, 5) is 0. The Labute approximate surface area is 105 Å². The van der Waals surface area contributed by atoms with E-state index in [1.165, 1.54) is 0 Å². The van der Waals surface area contributed by atoms with Crippen LogP contribution in [0.1, 0.15) is 17.3 Å². The van der Waals surface area contributed by atoms with E-state index in [0.29, 0.717) is 11.5 Å². The first kappa shape index (κ1) is 12.4. The molecule has 0 saturated heterocycles. The summed E-state index contributed by atoms with van der Waals surface area (Å²) in [6.45, 7) is 0. The molecule has 6 nitrogen and oxygen atoms in total. The minimum absolute atomic E-state index is 0.406. The summed E-state index contributed by atoms with van der Waals surface area (Å²) >= 11 is 0. The number of ether oxygens (including phenoxy) is 2. The maximum atomic E-state index is 6.25. The monoisotopic (exact) mass is 248 g/mol. The zero-order chi connectivity index (χ0) is 13.1. The van der Waals surface area contributed by atoms with E-state index in [1.807, 2.05) is 18.2 Å².